The Morgan fingerprint density at radius 1 is 1.05 bits per heavy atom. The minimum absolute atomic E-state index is 0.0655. The molecule has 0 aliphatic rings. The maximum atomic E-state index is 11.7. The van der Waals surface area contributed by atoms with Crippen LogP contribution in [0, 0.1) is 0 Å². The molecule has 0 saturated carbocycles. The van der Waals surface area contributed by atoms with Crippen LogP contribution in [0.2, 0.25) is 0 Å². The van der Waals surface area contributed by atoms with Crippen LogP contribution in [0.4, 0.5) is 0 Å². The fourth-order valence-electron chi connectivity index (χ4n) is 1.54. The number of carbonyl (C=O) groups is 1. The maximum Gasteiger partial charge on any atom is 0.251 e. The summed E-state index contributed by atoms with van der Waals surface area (Å²) in [6.45, 7) is 6.75. The smallest absolute Gasteiger partial charge is 0.251 e. The van der Waals surface area contributed by atoms with Gasteiger partial charge in [0.1, 0.15) is 0 Å². The van der Waals surface area contributed by atoms with Gasteiger partial charge < -0.3 is 16.0 Å². The molecule has 0 bridgehead atoms. The third-order valence-corrected chi connectivity index (χ3v) is 2.39. The van der Waals surface area contributed by atoms with Gasteiger partial charge in [0.2, 0.25) is 0 Å². The molecule has 0 radical (unpaired) electrons. The van der Waals surface area contributed by atoms with Crippen LogP contribution in [0.1, 0.15) is 24.2 Å². The Bertz CT molecular complexity index is 395. The molecule has 5 heteroatoms. The van der Waals surface area contributed by atoms with Crippen LogP contribution >= 0.6 is 0 Å². The van der Waals surface area contributed by atoms with Gasteiger partial charge in [-0.2, -0.15) is 0 Å². The van der Waals surface area contributed by atoms with Crippen molar-refractivity contribution in [1.82, 2.24) is 16.0 Å². The predicted molar refractivity (Wildman–Crippen MR) is 78.4 cm³/mol. The molecule has 5 nitrogen and oxygen atoms in total. The Morgan fingerprint density at radius 2 is 1.68 bits per heavy atom. The van der Waals surface area contributed by atoms with E-state index in [-0.39, 0.29) is 5.91 Å². The Hall–Kier alpha value is -2.04. The second-order valence-electron chi connectivity index (χ2n) is 3.91. The summed E-state index contributed by atoms with van der Waals surface area (Å²) in [4.78, 5) is 16.1. The first-order chi connectivity index (χ1) is 9.27. The van der Waals surface area contributed by atoms with Crippen molar-refractivity contribution in [3.05, 3.63) is 35.9 Å². The van der Waals surface area contributed by atoms with E-state index in [0.717, 1.165) is 19.0 Å². The van der Waals surface area contributed by atoms with Gasteiger partial charge in [-0.3, -0.25) is 9.79 Å². The maximum absolute atomic E-state index is 11.7. The lowest BCUT2D eigenvalue weighted by Gasteiger charge is -2.09. The van der Waals surface area contributed by atoms with Crippen molar-refractivity contribution >= 4 is 11.9 Å². The first-order valence-electron chi connectivity index (χ1n) is 6.63. The van der Waals surface area contributed by atoms with Gasteiger partial charge >= 0.3 is 0 Å². The normalized spacial score (nSPS) is 9.58. The van der Waals surface area contributed by atoms with Crippen LogP contribution < -0.4 is 16.0 Å². The largest absolute Gasteiger partial charge is 0.357 e. The second-order valence-corrected chi connectivity index (χ2v) is 3.91. The number of carbonyl (C=O) groups excluding carboxylic acids is 1. The number of nitrogens with zero attached hydrogens (tertiary/aromatic N) is 1. The first kappa shape index (κ1) is 15.0. The molecule has 3 N–H and O–H groups in total. The molecule has 1 amide bonds. The van der Waals surface area contributed by atoms with E-state index in [1.807, 2.05) is 32.0 Å². The van der Waals surface area contributed by atoms with Gasteiger partial charge in [-0.25, -0.2) is 0 Å². The van der Waals surface area contributed by atoms with Crippen molar-refractivity contribution in [1.29, 1.82) is 0 Å². The summed E-state index contributed by atoms with van der Waals surface area (Å²) >= 11 is 0. The van der Waals surface area contributed by atoms with E-state index in [4.69, 9.17) is 0 Å². The average molecular weight is 262 g/mol. The fraction of sp³-hybridized carbons (Fsp3) is 0.429. The molecule has 0 heterocycles. The van der Waals surface area contributed by atoms with Crippen molar-refractivity contribution in [3.8, 4) is 0 Å². The summed E-state index contributed by atoms with van der Waals surface area (Å²) in [6.07, 6.45) is 0. The van der Waals surface area contributed by atoms with Gasteiger partial charge in [0.25, 0.3) is 5.91 Å². The molecule has 1 aromatic carbocycles. The Kier molecular flexibility index (Phi) is 7.09. The number of nitrogens with one attached hydrogen (secondary N) is 3. The van der Waals surface area contributed by atoms with E-state index < -0.39 is 0 Å². The molecule has 0 aliphatic carbocycles. The Labute approximate surface area is 114 Å². The molecule has 0 atom stereocenters. The van der Waals surface area contributed by atoms with E-state index in [9.17, 15) is 4.79 Å². The number of hydrogen-bond acceptors (Lipinski definition) is 2. The summed E-state index contributed by atoms with van der Waals surface area (Å²) in [6, 6.07) is 9.17. The van der Waals surface area contributed by atoms with E-state index in [0.29, 0.717) is 18.7 Å². The zero-order valence-electron chi connectivity index (χ0n) is 11.6. The highest BCUT2D eigenvalue weighted by atomic mass is 16.1. The molecule has 1 rings (SSSR count). The number of benzene rings is 1. The SMILES string of the molecule is CCNC(=NCCNC(=O)c1ccccc1)NCC. The first-order valence-corrected chi connectivity index (χ1v) is 6.63. The number of rotatable bonds is 6. The lowest BCUT2D eigenvalue weighted by atomic mass is 10.2. The zero-order chi connectivity index (χ0) is 13.9. The lowest BCUT2D eigenvalue weighted by molar-refractivity contribution is 0.0955. The number of guanidine groups is 1. The average Bonchev–Trinajstić information content (AvgIpc) is 2.44. The third-order valence-electron chi connectivity index (χ3n) is 2.39. The predicted octanol–water partition coefficient (Wildman–Crippen LogP) is 0.991. The highest BCUT2D eigenvalue weighted by Crippen LogP contribution is 1.97. The molecule has 0 fully saturated rings. The van der Waals surface area contributed by atoms with Crippen molar-refractivity contribution in [2.75, 3.05) is 26.2 Å². The molecule has 0 unspecified atom stereocenters. The number of amides is 1. The summed E-state index contributed by atoms with van der Waals surface area (Å²) in [5, 5.41) is 9.10. The Balaban J connectivity index is 2.33. The van der Waals surface area contributed by atoms with Gasteiger partial charge in [-0.05, 0) is 26.0 Å². The lowest BCUT2D eigenvalue weighted by Crippen LogP contribution is -2.37. The van der Waals surface area contributed by atoms with E-state index in [1.165, 1.54) is 0 Å². The van der Waals surface area contributed by atoms with Gasteiger partial charge in [0, 0.05) is 25.2 Å². The standard InChI is InChI=1S/C14H22N4O/c1-3-15-14(16-4-2)18-11-10-17-13(19)12-8-6-5-7-9-12/h5-9H,3-4,10-11H2,1-2H3,(H,17,19)(H2,15,16,18). The van der Waals surface area contributed by atoms with Gasteiger partial charge in [0.15, 0.2) is 5.96 Å². The quantitative estimate of drug-likeness (QED) is 0.407. The summed E-state index contributed by atoms with van der Waals surface area (Å²) in [5.74, 6) is 0.711. The highest BCUT2D eigenvalue weighted by molar-refractivity contribution is 5.94. The van der Waals surface area contributed by atoms with E-state index in [1.54, 1.807) is 12.1 Å². The third kappa shape index (κ3) is 5.90. The molecule has 0 aliphatic heterocycles. The topological polar surface area (TPSA) is 65.5 Å². The second kappa shape index (κ2) is 8.97. The molecule has 104 valence electrons. The van der Waals surface area contributed by atoms with Crippen molar-refractivity contribution in [3.63, 3.8) is 0 Å². The van der Waals surface area contributed by atoms with Gasteiger partial charge in [-0.1, -0.05) is 18.2 Å². The fourth-order valence-corrected chi connectivity index (χ4v) is 1.54. The van der Waals surface area contributed by atoms with E-state index >= 15 is 0 Å². The van der Waals surface area contributed by atoms with Crippen molar-refractivity contribution < 1.29 is 4.79 Å². The zero-order valence-corrected chi connectivity index (χ0v) is 11.6. The van der Waals surface area contributed by atoms with Crippen LogP contribution in [0.25, 0.3) is 0 Å². The van der Waals surface area contributed by atoms with Gasteiger partial charge in [0.05, 0.1) is 6.54 Å². The van der Waals surface area contributed by atoms with Crippen LogP contribution in [0.3, 0.4) is 0 Å². The summed E-state index contributed by atoms with van der Waals surface area (Å²) < 4.78 is 0. The molecule has 1 aromatic rings. The summed E-state index contributed by atoms with van der Waals surface area (Å²) in [5.41, 5.74) is 0.671. The minimum Gasteiger partial charge on any atom is -0.357 e. The number of aliphatic imine (C=N–C) groups is 1. The van der Waals surface area contributed by atoms with Crippen molar-refractivity contribution in [2.45, 2.75) is 13.8 Å². The Morgan fingerprint density at radius 3 is 2.26 bits per heavy atom. The number of hydrogen-bond donors (Lipinski definition) is 3. The van der Waals surface area contributed by atoms with Gasteiger partial charge in [-0.15, -0.1) is 0 Å². The highest BCUT2D eigenvalue weighted by Gasteiger charge is 2.02. The van der Waals surface area contributed by atoms with E-state index in [2.05, 4.69) is 20.9 Å². The monoisotopic (exact) mass is 262 g/mol. The molecular weight excluding hydrogens is 240 g/mol. The summed E-state index contributed by atoms with van der Waals surface area (Å²) in [7, 11) is 0. The van der Waals surface area contributed by atoms with Crippen LogP contribution in [0.15, 0.2) is 35.3 Å². The van der Waals surface area contributed by atoms with Crippen LogP contribution in [-0.4, -0.2) is 38.0 Å². The molecule has 0 saturated heterocycles. The molecule has 0 aromatic heterocycles. The minimum atomic E-state index is -0.0655. The molecular formula is C14H22N4O. The van der Waals surface area contributed by atoms with Crippen LogP contribution in [0.5, 0.6) is 0 Å². The molecule has 0 spiro atoms. The molecule has 19 heavy (non-hydrogen) atoms. The van der Waals surface area contributed by atoms with Crippen molar-refractivity contribution in [2.24, 2.45) is 4.99 Å². The van der Waals surface area contributed by atoms with Crippen LogP contribution in [-0.2, 0) is 0 Å².